The van der Waals surface area contributed by atoms with Gasteiger partial charge in [0.1, 0.15) is 0 Å². The molecule has 3 N–H and O–H groups in total. The van der Waals surface area contributed by atoms with Gasteiger partial charge in [0.2, 0.25) is 5.91 Å². The first kappa shape index (κ1) is 14.6. The van der Waals surface area contributed by atoms with Gasteiger partial charge in [-0.05, 0) is 40.5 Å². The molecule has 1 aromatic carbocycles. The largest absolute Gasteiger partial charge is 0.399 e. The van der Waals surface area contributed by atoms with Crippen LogP contribution in [0.3, 0.4) is 0 Å². The SMILES string of the molecule is CC1(C)C(CNC(=O)/C=C/c2ccc(N)cc2)C1(C)C. The van der Waals surface area contributed by atoms with Crippen molar-refractivity contribution in [2.45, 2.75) is 27.7 Å². The number of nitrogens with one attached hydrogen (secondary N) is 1. The van der Waals surface area contributed by atoms with Crippen LogP contribution in [0.25, 0.3) is 6.08 Å². The number of nitrogen functional groups attached to an aromatic ring is 1. The number of hydrogen-bond donors (Lipinski definition) is 2. The first-order chi connectivity index (χ1) is 9.25. The fourth-order valence-corrected chi connectivity index (χ4v) is 2.88. The topological polar surface area (TPSA) is 55.1 Å². The summed E-state index contributed by atoms with van der Waals surface area (Å²) in [6.07, 6.45) is 3.38. The molecular weight excluding hydrogens is 248 g/mol. The minimum absolute atomic E-state index is 0.0414. The molecule has 1 aliphatic rings. The minimum atomic E-state index is -0.0414. The summed E-state index contributed by atoms with van der Waals surface area (Å²) < 4.78 is 0. The van der Waals surface area contributed by atoms with Crippen LogP contribution in [-0.4, -0.2) is 12.5 Å². The highest BCUT2D eigenvalue weighted by Gasteiger charge is 2.64. The van der Waals surface area contributed by atoms with Gasteiger partial charge in [-0.25, -0.2) is 0 Å². The number of carbonyl (C=O) groups is 1. The second-order valence-corrected chi connectivity index (χ2v) is 6.74. The Morgan fingerprint density at radius 3 is 2.25 bits per heavy atom. The number of hydrogen-bond acceptors (Lipinski definition) is 2. The van der Waals surface area contributed by atoms with Gasteiger partial charge in [-0.1, -0.05) is 39.8 Å². The molecule has 1 aliphatic carbocycles. The summed E-state index contributed by atoms with van der Waals surface area (Å²) in [6, 6.07) is 7.44. The van der Waals surface area contributed by atoms with Crippen LogP contribution in [0.15, 0.2) is 30.3 Å². The van der Waals surface area contributed by atoms with Gasteiger partial charge in [0.05, 0.1) is 0 Å². The highest BCUT2D eigenvalue weighted by atomic mass is 16.1. The summed E-state index contributed by atoms with van der Waals surface area (Å²) in [5, 5.41) is 2.99. The van der Waals surface area contributed by atoms with Crippen LogP contribution in [0.4, 0.5) is 5.69 Å². The summed E-state index contributed by atoms with van der Waals surface area (Å²) >= 11 is 0. The maximum absolute atomic E-state index is 11.8. The quantitative estimate of drug-likeness (QED) is 0.653. The highest BCUT2D eigenvalue weighted by molar-refractivity contribution is 5.91. The van der Waals surface area contributed by atoms with Crippen molar-refractivity contribution in [1.29, 1.82) is 0 Å². The van der Waals surface area contributed by atoms with E-state index in [1.54, 1.807) is 12.2 Å². The van der Waals surface area contributed by atoms with Gasteiger partial charge >= 0.3 is 0 Å². The third-order valence-electron chi connectivity index (χ3n) is 5.16. The normalized spacial score (nSPS) is 20.0. The Balaban J connectivity index is 1.83. The number of carbonyl (C=O) groups excluding carboxylic acids is 1. The molecule has 0 unspecified atom stereocenters. The lowest BCUT2D eigenvalue weighted by Gasteiger charge is -2.04. The Bertz CT molecular complexity index is 512. The van der Waals surface area contributed by atoms with Gasteiger partial charge in [0, 0.05) is 18.3 Å². The van der Waals surface area contributed by atoms with Crippen molar-refractivity contribution in [1.82, 2.24) is 5.32 Å². The smallest absolute Gasteiger partial charge is 0.244 e. The van der Waals surface area contributed by atoms with Crippen molar-refractivity contribution >= 4 is 17.7 Å². The van der Waals surface area contributed by atoms with E-state index in [1.165, 1.54) is 0 Å². The second kappa shape index (κ2) is 4.97. The zero-order chi connectivity index (χ0) is 15.0. The van der Waals surface area contributed by atoms with E-state index < -0.39 is 0 Å². The van der Waals surface area contributed by atoms with Crippen LogP contribution in [0.2, 0.25) is 0 Å². The Hall–Kier alpha value is -1.77. The van der Waals surface area contributed by atoms with Crippen LogP contribution in [0.5, 0.6) is 0 Å². The highest BCUT2D eigenvalue weighted by Crippen LogP contribution is 2.67. The Labute approximate surface area is 121 Å². The Kier molecular flexibility index (Phi) is 3.63. The molecule has 0 aromatic heterocycles. The van der Waals surface area contributed by atoms with Crippen LogP contribution in [0, 0.1) is 16.7 Å². The fourth-order valence-electron chi connectivity index (χ4n) is 2.88. The van der Waals surface area contributed by atoms with Crippen LogP contribution >= 0.6 is 0 Å². The number of anilines is 1. The molecule has 20 heavy (non-hydrogen) atoms. The number of amides is 1. The van der Waals surface area contributed by atoms with Gasteiger partial charge in [0.15, 0.2) is 0 Å². The summed E-state index contributed by atoms with van der Waals surface area (Å²) in [5.41, 5.74) is 7.93. The van der Waals surface area contributed by atoms with Gasteiger partial charge < -0.3 is 11.1 Å². The van der Waals surface area contributed by atoms with E-state index in [9.17, 15) is 4.79 Å². The molecule has 0 radical (unpaired) electrons. The van der Waals surface area contributed by atoms with E-state index in [0.717, 1.165) is 17.8 Å². The molecule has 1 saturated carbocycles. The van der Waals surface area contributed by atoms with Gasteiger partial charge in [-0.15, -0.1) is 0 Å². The van der Waals surface area contributed by atoms with Crippen molar-refractivity contribution in [2.24, 2.45) is 16.7 Å². The average molecular weight is 272 g/mol. The molecule has 1 fully saturated rings. The molecule has 0 spiro atoms. The van der Waals surface area contributed by atoms with E-state index in [2.05, 4.69) is 33.0 Å². The fraction of sp³-hybridized carbons (Fsp3) is 0.471. The Morgan fingerprint density at radius 2 is 1.75 bits per heavy atom. The van der Waals surface area contributed by atoms with Crippen molar-refractivity contribution in [3.05, 3.63) is 35.9 Å². The first-order valence-corrected chi connectivity index (χ1v) is 7.06. The summed E-state index contributed by atoms with van der Waals surface area (Å²) in [5.74, 6) is 0.504. The van der Waals surface area contributed by atoms with E-state index in [-0.39, 0.29) is 5.91 Å². The molecule has 2 rings (SSSR count). The molecule has 3 heteroatoms. The number of rotatable bonds is 4. The summed E-state index contributed by atoms with van der Waals surface area (Å²) in [7, 11) is 0. The molecule has 0 atom stereocenters. The summed E-state index contributed by atoms with van der Waals surface area (Å²) in [4.78, 5) is 11.8. The third-order valence-corrected chi connectivity index (χ3v) is 5.16. The van der Waals surface area contributed by atoms with Gasteiger partial charge in [-0.3, -0.25) is 4.79 Å². The summed E-state index contributed by atoms with van der Waals surface area (Å²) in [6.45, 7) is 9.77. The molecule has 1 amide bonds. The van der Waals surface area contributed by atoms with Crippen molar-refractivity contribution < 1.29 is 4.79 Å². The van der Waals surface area contributed by atoms with Gasteiger partial charge in [-0.2, -0.15) is 0 Å². The standard InChI is InChI=1S/C17H24N2O/c1-16(2)14(17(16,3)4)11-19-15(20)10-7-12-5-8-13(18)9-6-12/h5-10,14H,11,18H2,1-4H3,(H,19,20)/b10-7+. The van der Waals surface area contributed by atoms with Crippen LogP contribution in [0.1, 0.15) is 33.3 Å². The van der Waals surface area contributed by atoms with Crippen molar-refractivity contribution in [3.8, 4) is 0 Å². The zero-order valence-electron chi connectivity index (χ0n) is 12.7. The molecular formula is C17H24N2O. The van der Waals surface area contributed by atoms with E-state index >= 15 is 0 Å². The van der Waals surface area contributed by atoms with Crippen molar-refractivity contribution in [3.63, 3.8) is 0 Å². The maximum Gasteiger partial charge on any atom is 0.244 e. The molecule has 3 nitrogen and oxygen atoms in total. The third kappa shape index (κ3) is 2.72. The minimum Gasteiger partial charge on any atom is -0.399 e. The van der Waals surface area contributed by atoms with E-state index in [4.69, 9.17) is 5.73 Å². The molecule has 0 saturated heterocycles. The predicted molar refractivity (Wildman–Crippen MR) is 84.0 cm³/mol. The zero-order valence-corrected chi connectivity index (χ0v) is 12.7. The van der Waals surface area contributed by atoms with Crippen LogP contribution in [-0.2, 0) is 4.79 Å². The molecule has 108 valence electrons. The number of nitrogens with two attached hydrogens (primary N) is 1. The van der Waals surface area contributed by atoms with Crippen LogP contribution < -0.4 is 11.1 Å². The Morgan fingerprint density at radius 1 is 1.20 bits per heavy atom. The van der Waals surface area contributed by atoms with E-state index in [0.29, 0.717) is 16.7 Å². The lowest BCUT2D eigenvalue weighted by atomic mass is 10.0. The molecule has 1 aromatic rings. The van der Waals surface area contributed by atoms with Gasteiger partial charge in [0.25, 0.3) is 0 Å². The lowest BCUT2D eigenvalue weighted by Crippen LogP contribution is -2.25. The van der Waals surface area contributed by atoms with Crippen molar-refractivity contribution in [2.75, 3.05) is 12.3 Å². The average Bonchev–Trinajstić information content (AvgIpc) is 2.76. The lowest BCUT2D eigenvalue weighted by molar-refractivity contribution is -0.116. The molecule has 0 aliphatic heterocycles. The molecule has 0 heterocycles. The maximum atomic E-state index is 11.8. The first-order valence-electron chi connectivity index (χ1n) is 7.06. The monoisotopic (exact) mass is 272 g/mol. The van der Waals surface area contributed by atoms with E-state index in [1.807, 2.05) is 24.3 Å². The predicted octanol–water partition coefficient (Wildman–Crippen LogP) is 3.08. The number of benzene rings is 1. The molecule has 0 bridgehead atoms. The second-order valence-electron chi connectivity index (χ2n) is 6.74.